The normalized spacial score (nSPS) is 14.7. The van der Waals surface area contributed by atoms with Crippen LogP contribution in [0.15, 0.2) is 41.8 Å². The number of thiophene rings is 1. The van der Waals surface area contributed by atoms with Gasteiger partial charge in [0.2, 0.25) is 5.91 Å². The van der Waals surface area contributed by atoms with Crippen LogP contribution in [-0.4, -0.2) is 16.4 Å². The number of hydrogen-bond acceptors (Lipinski definition) is 3. The predicted octanol–water partition coefficient (Wildman–Crippen LogP) is 5.03. The van der Waals surface area contributed by atoms with Gasteiger partial charge in [0.1, 0.15) is 5.69 Å². The topological polar surface area (TPSA) is 63.1 Å². The minimum absolute atomic E-state index is 0.0902. The maximum atomic E-state index is 12.9. The van der Waals surface area contributed by atoms with E-state index in [0.29, 0.717) is 17.4 Å². The zero-order valence-electron chi connectivity index (χ0n) is 14.6. The van der Waals surface area contributed by atoms with E-state index in [1.807, 2.05) is 6.07 Å². The Labute approximate surface area is 156 Å². The molecule has 5 nitrogen and oxygen atoms in total. The molecule has 134 valence electrons. The van der Waals surface area contributed by atoms with Gasteiger partial charge >= 0.3 is 0 Å². The Balaban J connectivity index is 1.59. The number of rotatable bonds is 4. The number of aromatic nitrogens is 1. The van der Waals surface area contributed by atoms with E-state index in [4.69, 9.17) is 0 Å². The zero-order chi connectivity index (χ0) is 18.1. The lowest BCUT2D eigenvalue weighted by atomic mass is 10.2. The van der Waals surface area contributed by atoms with Crippen LogP contribution in [0, 0.1) is 0 Å². The van der Waals surface area contributed by atoms with Gasteiger partial charge in [0, 0.05) is 24.3 Å². The highest BCUT2D eigenvalue weighted by atomic mass is 32.1. The van der Waals surface area contributed by atoms with Crippen LogP contribution in [0.25, 0.3) is 10.2 Å². The van der Waals surface area contributed by atoms with E-state index in [-0.39, 0.29) is 11.8 Å². The number of carbonyl (C=O) groups is 2. The molecule has 1 aromatic carbocycles. The summed E-state index contributed by atoms with van der Waals surface area (Å²) in [6, 6.07) is 11.7. The highest BCUT2D eigenvalue weighted by Gasteiger charge is 2.25. The Morgan fingerprint density at radius 3 is 2.35 bits per heavy atom. The summed E-state index contributed by atoms with van der Waals surface area (Å²) in [7, 11) is 0. The number of nitrogens with one attached hydrogen (secondary N) is 2. The number of fused-ring (bicyclic) bond motifs is 1. The first kappa shape index (κ1) is 16.8. The average molecular weight is 367 g/mol. The molecule has 2 aromatic heterocycles. The molecule has 1 aliphatic carbocycles. The molecule has 1 aliphatic rings. The summed E-state index contributed by atoms with van der Waals surface area (Å²) in [5.74, 6) is -0.205. The number of anilines is 2. The Morgan fingerprint density at radius 2 is 1.69 bits per heavy atom. The van der Waals surface area contributed by atoms with Crippen molar-refractivity contribution in [3.8, 4) is 0 Å². The zero-order valence-corrected chi connectivity index (χ0v) is 15.4. The molecule has 26 heavy (non-hydrogen) atoms. The Kier molecular flexibility index (Phi) is 4.51. The summed E-state index contributed by atoms with van der Waals surface area (Å²) in [6.07, 6.45) is 4.71. The van der Waals surface area contributed by atoms with Crippen molar-refractivity contribution in [3.63, 3.8) is 0 Å². The van der Waals surface area contributed by atoms with Crippen LogP contribution in [0.5, 0.6) is 0 Å². The summed E-state index contributed by atoms with van der Waals surface area (Å²) in [5, 5.41) is 7.79. The smallest absolute Gasteiger partial charge is 0.272 e. The van der Waals surface area contributed by atoms with Crippen LogP contribution in [-0.2, 0) is 4.79 Å². The largest absolute Gasteiger partial charge is 0.333 e. The van der Waals surface area contributed by atoms with Gasteiger partial charge in [-0.25, -0.2) is 0 Å². The van der Waals surface area contributed by atoms with Crippen LogP contribution < -0.4 is 10.6 Å². The van der Waals surface area contributed by atoms with Crippen LogP contribution in [0.3, 0.4) is 0 Å². The van der Waals surface area contributed by atoms with Crippen LogP contribution >= 0.6 is 11.3 Å². The monoisotopic (exact) mass is 367 g/mol. The number of benzene rings is 1. The number of hydrogen-bond donors (Lipinski definition) is 2. The first-order valence-corrected chi connectivity index (χ1v) is 9.77. The highest BCUT2D eigenvalue weighted by Crippen LogP contribution is 2.36. The highest BCUT2D eigenvalue weighted by molar-refractivity contribution is 7.17. The van der Waals surface area contributed by atoms with Crippen molar-refractivity contribution in [2.75, 3.05) is 10.6 Å². The Morgan fingerprint density at radius 1 is 1.04 bits per heavy atom. The van der Waals surface area contributed by atoms with Crippen molar-refractivity contribution in [2.24, 2.45) is 0 Å². The second kappa shape index (κ2) is 6.96. The van der Waals surface area contributed by atoms with Gasteiger partial charge < -0.3 is 15.2 Å². The van der Waals surface area contributed by atoms with Gasteiger partial charge in [-0.05, 0) is 54.6 Å². The van der Waals surface area contributed by atoms with Gasteiger partial charge in [-0.1, -0.05) is 12.8 Å². The average Bonchev–Trinajstić information content (AvgIpc) is 3.32. The first-order valence-electron chi connectivity index (χ1n) is 8.89. The van der Waals surface area contributed by atoms with E-state index in [9.17, 15) is 9.59 Å². The molecule has 0 saturated heterocycles. The fraction of sp³-hybridized carbons (Fsp3) is 0.300. The number of amides is 2. The summed E-state index contributed by atoms with van der Waals surface area (Å²) in [5.41, 5.74) is 3.31. The molecular weight excluding hydrogens is 346 g/mol. The first-order chi connectivity index (χ1) is 12.6. The van der Waals surface area contributed by atoms with Gasteiger partial charge in [-0.3, -0.25) is 9.59 Å². The van der Waals surface area contributed by atoms with Gasteiger partial charge in [-0.2, -0.15) is 0 Å². The quantitative estimate of drug-likeness (QED) is 0.679. The third-order valence-corrected chi connectivity index (χ3v) is 5.70. The molecule has 0 aliphatic heterocycles. The molecule has 3 aromatic rings. The molecule has 1 saturated carbocycles. The van der Waals surface area contributed by atoms with Gasteiger partial charge in [0.15, 0.2) is 0 Å². The maximum Gasteiger partial charge on any atom is 0.272 e. The molecule has 4 rings (SSSR count). The van der Waals surface area contributed by atoms with E-state index >= 15 is 0 Å². The molecular formula is C20H21N3O2S. The summed E-state index contributed by atoms with van der Waals surface area (Å²) in [6.45, 7) is 1.47. The van der Waals surface area contributed by atoms with Crippen LogP contribution in [0.4, 0.5) is 11.4 Å². The second-order valence-corrected chi connectivity index (χ2v) is 7.67. The molecule has 0 spiro atoms. The molecule has 0 unspecified atom stereocenters. The van der Waals surface area contributed by atoms with Crippen molar-refractivity contribution in [1.29, 1.82) is 0 Å². The molecule has 0 radical (unpaired) electrons. The molecule has 0 atom stereocenters. The fourth-order valence-corrected chi connectivity index (χ4v) is 4.52. The van der Waals surface area contributed by atoms with E-state index in [1.54, 1.807) is 35.6 Å². The molecule has 2 N–H and O–H groups in total. The summed E-state index contributed by atoms with van der Waals surface area (Å²) < 4.78 is 3.38. The van der Waals surface area contributed by atoms with E-state index in [0.717, 1.165) is 28.8 Å². The SMILES string of the molecule is CC(=O)Nc1ccc(NC(=O)c2cc3sccc3n2C2CCCC2)cc1. The Bertz CT molecular complexity index is 949. The lowest BCUT2D eigenvalue weighted by Gasteiger charge is -2.17. The fourth-order valence-electron chi connectivity index (χ4n) is 3.71. The van der Waals surface area contributed by atoms with Crippen molar-refractivity contribution in [3.05, 3.63) is 47.5 Å². The lowest BCUT2D eigenvalue weighted by Crippen LogP contribution is -2.19. The molecule has 2 amide bonds. The second-order valence-electron chi connectivity index (χ2n) is 6.72. The van der Waals surface area contributed by atoms with Crippen molar-refractivity contribution >= 4 is 44.7 Å². The minimum atomic E-state index is -0.115. The van der Waals surface area contributed by atoms with Crippen LogP contribution in [0.1, 0.15) is 49.1 Å². The van der Waals surface area contributed by atoms with Gasteiger partial charge in [0.25, 0.3) is 5.91 Å². The number of nitrogens with zero attached hydrogens (tertiary/aromatic N) is 1. The third-order valence-electron chi connectivity index (χ3n) is 4.85. The molecule has 1 fully saturated rings. The van der Waals surface area contributed by atoms with E-state index < -0.39 is 0 Å². The van der Waals surface area contributed by atoms with E-state index in [1.165, 1.54) is 19.8 Å². The summed E-state index contributed by atoms with van der Waals surface area (Å²) in [4.78, 5) is 24.0. The van der Waals surface area contributed by atoms with E-state index in [2.05, 4.69) is 26.6 Å². The molecule has 0 bridgehead atoms. The molecule has 2 heterocycles. The predicted molar refractivity (Wildman–Crippen MR) is 106 cm³/mol. The Hall–Kier alpha value is -2.60. The van der Waals surface area contributed by atoms with Gasteiger partial charge in [0.05, 0.1) is 10.2 Å². The minimum Gasteiger partial charge on any atom is -0.333 e. The lowest BCUT2D eigenvalue weighted by molar-refractivity contribution is -0.114. The molecule has 6 heteroatoms. The van der Waals surface area contributed by atoms with Crippen molar-refractivity contribution in [2.45, 2.75) is 38.6 Å². The third kappa shape index (κ3) is 3.24. The summed E-state index contributed by atoms with van der Waals surface area (Å²) >= 11 is 1.67. The maximum absolute atomic E-state index is 12.9. The van der Waals surface area contributed by atoms with Crippen LogP contribution in [0.2, 0.25) is 0 Å². The standard InChI is InChI=1S/C20H21N3O2S/c1-13(24)21-14-6-8-15(9-7-14)22-20(25)18-12-19-17(10-11-26-19)23(18)16-4-2-3-5-16/h6-12,16H,2-5H2,1H3,(H,21,24)(H,22,25). The van der Waals surface area contributed by atoms with Crippen molar-refractivity contribution < 1.29 is 9.59 Å². The van der Waals surface area contributed by atoms with Crippen molar-refractivity contribution in [1.82, 2.24) is 4.57 Å². The number of carbonyl (C=O) groups excluding carboxylic acids is 2. The van der Waals surface area contributed by atoms with Gasteiger partial charge in [-0.15, -0.1) is 11.3 Å².